The third-order valence-corrected chi connectivity index (χ3v) is 1.82. The molecule has 0 bridgehead atoms. The highest BCUT2D eigenvalue weighted by atomic mass is 16.5. The maximum absolute atomic E-state index is 4.95. The molecule has 0 atom stereocenters. The molecule has 0 aliphatic heterocycles. The van der Waals surface area contributed by atoms with Crippen LogP contribution >= 0.6 is 0 Å². The molecule has 0 fully saturated rings. The minimum absolute atomic E-state index is 0.720. The van der Waals surface area contributed by atoms with E-state index in [0.29, 0.717) is 0 Å². The quantitative estimate of drug-likeness (QED) is 0.419. The van der Waals surface area contributed by atoms with E-state index in [-0.39, 0.29) is 0 Å². The van der Waals surface area contributed by atoms with Gasteiger partial charge in [-0.15, -0.1) is 0 Å². The standard InChI is InChI=1S/C12H22O2/c1-13-11-9-7-5-3-4-6-8-10-12-14-2/h3,5,8,10H,4,6-7,9,11-12H2,1-2H3. The maximum Gasteiger partial charge on any atom is 0.0643 e. The Morgan fingerprint density at radius 3 is 2.07 bits per heavy atom. The molecule has 0 unspecified atom stereocenters. The highest BCUT2D eigenvalue weighted by Crippen LogP contribution is 1.96. The summed E-state index contributed by atoms with van der Waals surface area (Å²) in [6.07, 6.45) is 13.1. The lowest BCUT2D eigenvalue weighted by atomic mass is 10.2. The van der Waals surface area contributed by atoms with Crippen molar-refractivity contribution in [3.8, 4) is 0 Å². The normalized spacial score (nSPS) is 11.9. The largest absolute Gasteiger partial charge is 0.385 e. The van der Waals surface area contributed by atoms with Crippen molar-refractivity contribution in [2.45, 2.75) is 25.7 Å². The molecule has 0 radical (unpaired) electrons. The van der Waals surface area contributed by atoms with Crippen LogP contribution < -0.4 is 0 Å². The predicted octanol–water partition coefficient (Wildman–Crippen LogP) is 2.95. The summed E-state index contributed by atoms with van der Waals surface area (Å²) < 4.78 is 9.85. The Bertz CT molecular complexity index is 150. The summed E-state index contributed by atoms with van der Waals surface area (Å²) in [6, 6.07) is 0. The van der Waals surface area contributed by atoms with Crippen molar-refractivity contribution >= 4 is 0 Å². The first-order chi connectivity index (χ1) is 6.91. The second-order valence-electron chi connectivity index (χ2n) is 3.11. The number of hydrogen-bond acceptors (Lipinski definition) is 2. The average molecular weight is 198 g/mol. The molecule has 0 N–H and O–H groups in total. The molecule has 0 aliphatic rings. The molecule has 0 aliphatic carbocycles. The van der Waals surface area contributed by atoms with E-state index in [1.165, 1.54) is 0 Å². The third kappa shape index (κ3) is 11.4. The van der Waals surface area contributed by atoms with Crippen LogP contribution in [0.3, 0.4) is 0 Å². The fraction of sp³-hybridized carbons (Fsp3) is 0.667. The Morgan fingerprint density at radius 2 is 1.43 bits per heavy atom. The second-order valence-corrected chi connectivity index (χ2v) is 3.11. The summed E-state index contributed by atoms with van der Waals surface area (Å²) in [6.45, 7) is 1.58. The minimum atomic E-state index is 0.720. The molecule has 0 amide bonds. The molecule has 0 aromatic heterocycles. The number of ether oxygens (including phenoxy) is 2. The van der Waals surface area contributed by atoms with Gasteiger partial charge in [0.2, 0.25) is 0 Å². The van der Waals surface area contributed by atoms with Crippen molar-refractivity contribution in [2.75, 3.05) is 27.4 Å². The summed E-state index contributed by atoms with van der Waals surface area (Å²) in [4.78, 5) is 0. The number of allylic oxidation sites excluding steroid dienone is 3. The van der Waals surface area contributed by atoms with Gasteiger partial charge in [0.15, 0.2) is 0 Å². The van der Waals surface area contributed by atoms with Gasteiger partial charge in [-0.1, -0.05) is 24.3 Å². The molecule has 0 heterocycles. The highest BCUT2D eigenvalue weighted by molar-refractivity contribution is 4.87. The first-order valence-electron chi connectivity index (χ1n) is 5.19. The van der Waals surface area contributed by atoms with Crippen molar-refractivity contribution in [1.29, 1.82) is 0 Å². The number of hydrogen-bond donors (Lipinski definition) is 0. The van der Waals surface area contributed by atoms with Gasteiger partial charge in [0, 0.05) is 20.8 Å². The third-order valence-electron chi connectivity index (χ3n) is 1.82. The van der Waals surface area contributed by atoms with E-state index in [4.69, 9.17) is 9.47 Å². The van der Waals surface area contributed by atoms with Crippen molar-refractivity contribution in [2.24, 2.45) is 0 Å². The van der Waals surface area contributed by atoms with E-state index in [0.717, 1.165) is 38.9 Å². The topological polar surface area (TPSA) is 18.5 Å². The highest BCUT2D eigenvalue weighted by Gasteiger charge is 1.81. The molecule has 0 aromatic carbocycles. The van der Waals surface area contributed by atoms with E-state index in [9.17, 15) is 0 Å². The molecule has 14 heavy (non-hydrogen) atoms. The minimum Gasteiger partial charge on any atom is -0.385 e. The van der Waals surface area contributed by atoms with Gasteiger partial charge in [0.25, 0.3) is 0 Å². The van der Waals surface area contributed by atoms with Gasteiger partial charge in [-0.05, 0) is 25.7 Å². The van der Waals surface area contributed by atoms with Crippen LogP contribution in [0.4, 0.5) is 0 Å². The molecule has 2 heteroatoms. The van der Waals surface area contributed by atoms with Gasteiger partial charge < -0.3 is 9.47 Å². The monoisotopic (exact) mass is 198 g/mol. The molecule has 0 rings (SSSR count). The molecular weight excluding hydrogens is 176 g/mol. The SMILES string of the molecule is COCC=CCCC=CCCCOC. The molecule has 2 nitrogen and oxygen atoms in total. The van der Waals surface area contributed by atoms with Crippen LogP contribution in [0.2, 0.25) is 0 Å². The van der Waals surface area contributed by atoms with Gasteiger partial charge in [0.1, 0.15) is 0 Å². The second kappa shape index (κ2) is 12.4. The summed E-state index contributed by atoms with van der Waals surface area (Å²) in [5.74, 6) is 0. The van der Waals surface area contributed by atoms with Crippen LogP contribution in [0.15, 0.2) is 24.3 Å². The zero-order valence-electron chi connectivity index (χ0n) is 9.37. The molecular formula is C12H22O2. The molecule has 0 spiro atoms. The summed E-state index contributed by atoms with van der Waals surface area (Å²) in [7, 11) is 3.45. The first kappa shape index (κ1) is 13.4. The number of unbranched alkanes of at least 4 members (excludes halogenated alkanes) is 2. The Hall–Kier alpha value is -0.600. The van der Waals surface area contributed by atoms with Crippen molar-refractivity contribution in [3.63, 3.8) is 0 Å². The first-order valence-corrected chi connectivity index (χ1v) is 5.19. The molecule has 82 valence electrons. The van der Waals surface area contributed by atoms with Crippen LogP contribution in [0.1, 0.15) is 25.7 Å². The van der Waals surface area contributed by atoms with Gasteiger partial charge in [0.05, 0.1) is 6.61 Å². The van der Waals surface area contributed by atoms with Crippen molar-refractivity contribution in [3.05, 3.63) is 24.3 Å². The number of rotatable bonds is 9. The smallest absolute Gasteiger partial charge is 0.0643 e. The lowest BCUT2D eigenvalue weighted by Gasteiger charge is -1.93. The van der Waals surface area contributed by atoms with Gasteiger partial charge in [-0.2, -0.15) is 0 Å². The fourth-order valence-corrected chi connectivity index (χ4v) is 1.06. The van der Waals surface area contributed by atoms with E-state index >= 15 is 0 Å². The Morgan fingerprint density at radius 1 is 0.786 bits per heavy atom. The van der Waals surface area contributed by atoms with E-state index in [1.54, 1.807) is 14.2 Å². The zero-order valence-corrected chi connectivity index (χ0v) is 9.37. The van der Waals surface area contributed by atoms with Crippen LogP contribution in [0, 0.1) is 0 Å². The van der Waals surface area contributed by atoms with Gasteiger partial charge >= 0.3 is 0 Å². The lowest BCUT2D eigenvalue weighted by Crippen LogP contribution is -1.85. The van der Waals surface area contributed by atoms with Crippen LogP contribution in [-0.4, -0.2) is 27.4 Å². The summed E-state index contributed by atoms with van der Waals surface area (Å²) in [5, 5.41) is 0. The van der Waals surface area contributed by atoms with Gasteiger partial charge in [-0.25, -0.2) is 0 Å². The zero-order chi connectivity index (χ0) is 10.5. The average Bonchev–Trinajstić information content (AvgIpc) is 2.21. The van der Waals surface area contributed by atoms with Gasteiger partial charge in [-0.3, -0.25) is 0 Å². The Balaban J connectivity index is 3.10. The summed E-state index contributed by atoms with van der Waals surface area (Å²) in [5.41, 5.74) is 0. The van der Waals surface area contributed by atoms with Crippen molar-refractivity contribution < 1.29 is 9.47 Å². The lowest BCUT2D eigenvalue weighted by molar-refractivity contribution is 0.196. The van der Waals surface area contributed by atoms with E-state index in [2.05, 4.69) is 24.3 Å². The maximum atomic E-state index is 4.95. The molecule has 0 saturated carbocycles. The fourth-order valence-electron chi connectivity index (χ4n) is 1.06. The Kier molecular flexibility index (Phi) is 11.9. The van der Waals surface area contributed by atoms with Crippen LogP contribution in [0.25, 0.3) is 0 Å². The molecule has 0 aromatic rings. The molecule has 0 saturated heterocycles. The predicted molar refractivity (Wildman–Crippen MR) is 60.5 cm³/mol. The number of methoxy groups -OCH3 is 2. The van der Waals surface area contributed by atoms with Crippen LogP contribution in [-0.2, 0) is 9.47 Å². The van der Waals surface area contributed by atoms with Crippen LogP contribution in [0.5, 0.6) is 0 Å². The van der Waals surface area contributed by atoms with E-state index < -0.39 is 0 Å². The van der Waals surface area contributed by atoms with E-state index in [1.807, 2.05) is 0 Å². The van der Waals surface area contributed by atoms with Crippen molar-refractivity contribution in [1.82, 2.24) is 0 Å². The summed E-state index contributed by atoms with van der Waals surface area (Å²) >= 11 is 0. The Labute approximate surface area is 87.6 Å².